The van der Waals surface area contributed by atoms with Crippen LogP contribution in [0.2, 0.25) is 0 Å². The third-order valence-electron chi connectivity index (χ3n) is 3.41. The maximum absolute atomic E-state index is 12.2. The first kappa shape index (κ1) is 13.3. The Balaban J connectivity index is 2.00. The highest BCUT2D eigenvalue weighted by atomic mass is 32.1. The molecule has 1 aliphatic rings. The monoisotopic (exact) mass is 264 g/mol. The summed E-state index contributed by atoms with van der Waals surface area (Å²) in [5.41, 5.74) is 0.885. The van der Waals surface area contributed by atoms with Crippen LogP contribution >= 0.6 is 11.3 Å². The highest BCUT2D eigenvalue weighted by Gasteiger charge is 2.23. The van der Waals surface area contributed by atoms with E-state index in [9.17, 15) is 4.79 Å². The molecule has 0 saturated carbocycles. The van der Waals surface area contributed by atoms with E-state index in [2.05, 4.69) is 11.9 Å². The molecule has 98 valence electrons. The molecule has 0 aliphatic carbocycles. The molecule has 1 aliphatic heterocycles. The van der Waals surface area contributed by atoms with E-state index >= 15 is 0 Å². The summed E-state index contributed by atoms with van der Waals surface area (Å²) in [7, 11) is 0. The molecule has 0 spiro atoms. The van der Waals surface area contributed by atoms with Gasteiger partial charge in [0.1, 0.15) is 0 Å². The molecule has 3 nitrogen and oxygen atoms in total. The van der Waals surface area contributed by atoms with Crippen LogP contribution in [0.15, 0.2) is 11.5 Å². The fraction of sp³-hybridized carbons (Fsp3) is 0.571. The molecule has 4 heteroatoms. The van der Waals surface area contributed by atoms with Crippen molar-refractivity contribution in [1.82, 2.24) is 9.88 Å². The quantitative estimate of drug-likeness (QED) is 0.785. The van der Waals surface area contributed by atoms with Gasteiger partial charge < -0.3 is 4.90 Å². The van der Waals surface area contributed by atoms with Crippen molar-refractivity contribution in [3.05, 3.63) is 22.2 Å². The summed E-state index contributed by atoms with van der Waals surface area (Å²) in [5, 5.41) is 3.01. The van der Waals surface area contributed by atoms with Gasteiger partial charge in [-0.15, -0.1) is 11.3 Å². The number of thiazole rings is 1. The van der Waals surface area contributed by atoms with Crippen molar-refractivity contribution in [2.45, 2.75) is 45.6 Å². The number of carbonyl (C=O) groups excluding carboxylic acids is 1. The summed E-state index contributed by atoms with van der Waals surface area (Å²) in [6.45, 7) is 5.03. The minimum Gasteiger partial charge on any atom is -0.336 e. The van der Waals surface area contributed by atoms with E-state index in [0.29, 0.717) is 6.04 Å². The van der Waals surface area contributed by atoms with Gasteiger partial charge in [-0.3, -0.25) is 4.79 Å². The van der Waals surface area contributed by atoms with Crippen LogP contribution in [0.25, 0.3) is 6.08 Å². The predicted octanol–water partition coefficient (Wildman–Crippen LogP) is 3.26. The molecule has 1 fully saturated rings. The van der Waals surface area contributed by atoms with Crippen LogP contribution < -0.4 is 0 Å². The second-order valence-electron chi connectivity index (χ2n) is 4.71. The molecule has 1 aromatic rings. The van der Waals surface area contributed by atoms with Gasteiger partial charge in [0.2, 0.25) is 5.91 Å². The molecular weight excluding hydrogens is 244 g/mol. The summed E-state index contributed by atoms with van der Waals surface area (Å²) in [6.07, 6.45) is 8.07. The van der Waals surface area contributed by atoms with Crippen LogP contribution in [-0.4, -0.2) is 28.4 Å². The van der Waals surface area contributed by atoms with Gasteiger partial charge in [-0.2, -0.15) is 0 Å². The number of rotatable bonds is 3. The zero-order valence-corrected chi connectivity index (χ0v) is 11.9. The van der Waals surface area contributed by atoms with Crippen LogP contribution in [0.3, 0.4) is 0 Å². The average molecular weight is 264 g/mol. The molecule has 0 bridgehead atoms. The molecule has 1 amide bonds. The third kappa shape index (κ3) is 3.19. The largest absolute Gasteiger partial charge is 0.336 e. The second kappa shape index (κ2) is 6.14. The summed E-state index contributed by atoms with van der Waals surface area (Å²) in [5.74, 6) is 0.132. The first-order valence-electron chi connectivity index (χ1n) is 6.61. The van der Waals surface area contributed by atoms with Crippen LogP contribution in [-0.2, 0) is 4.79 Å². The SMILES string of the molecule is CCC1CCCCN1C(=O)/C=C/c1csc(C)n1. The Kier molecular flexibility index (Phi) is 4.53. The van der Waals surface area contributed by atoms with Gasteiger partial charge in [-0.25, -0.2) is 4.98 Å². The van der Waals surface area contributed by atoms with E-state index in [1.165, 1.54) is 6.42 Å². The van der Waals surface area contributed by atoms with Crippen molar-refractivity contribution >= 4 is 23.3 Å². The van der Waals surface area contributed by atoms with Gasteiger partial charge in [-0.05, 0) is 38.7 Å². The normalized spacial score (nSPS) is 20.6. The number of aryl methyl sites for hydroxylation is 1. The molecule has 2 heterocycles. The van der Waals surface area contributed by atoms with Gasteiger partial charge in [0.05, 0.1) is 10.7 Å². The predicted molar refractivity (Wildman–Crippen MR) is 75.5 cm³/mol. The highest BCUT2D eigenvalue weighted by molar-refractivity contribution is 7.09. The maximum Gasteiger partial charge on any atom is 0.246 e. The molecule has 0 radical (unpaired) electrons. The van der Waals surface area contributed by atoms with Crippen molar-refractivity contribution in [3.63, 3.8) is 0 Å². The first-order chi connectivity index (χ1) is 8.70. The van der Waals surface area contributed by atoms with Gasteiger partial charge >= 0.3 is 0 Å². The maximum atomic E-state index is 12.2. The van der Waals surface area contributed by atoms with Crippen molar-refractivity contribution < 1.29 is 4.79 Å². The van der Waals surface area contributed by atoms with E-state index in [1.54, 1.807) is 17.4 Å². The van der Waals surface area contributed by atoms with Crippen LogP contribution in [0.5, 0.6) is 0 Å². The minimum atomic E-state index is 0.132. The highest BCUT2D eigenvalue weighted by Crippen LogP contribution is 2.20. The molecule has 0 aromatic carbocycles. The Bertz CT molecular complexity index is 439. The summed E-state index contributed by atoms with van der Waals surface area (Å²) >= 11 is 1.61. The summed E-state index contributed by atoms with van der Waals surface area (Å²) in [6, 6.07) is 0.424. The number of aromatic nitrogens is 1. The number of carbonyl (C=O) groups is 1. The molecule has 1 unspecified atom stereocenters. The Morgan fingerprint density at radius 1 is 1.61 bits per heavy atom. The Hall–Kier alpha value is -1.16. The molecule has 1 saturated heterocycles. The van der Waals surface area contributed by atoms with Crippen LogP contribution in [0, 0.1) is 6.92 Å². The lowest BCUT2D eigenvalue weighted by atomic mass is 10.00. The van der Waals surface area contributed by atoms with E-state index in [4.69, 9.17) is 0 Å². The third-order valence-corrected chi connectivity index (χ3v) is 4.21. The van der Waals surface area contributed by atoms with Crippen LogP contribution in [0.4, 0.5) is 0 Å². The Labute approximate surface area is 113 Å². The van der Waals surface area contributed by atoms with Gasteiger partial charge in [-0.1, -0.05) is 6.92 Å². The zero-order valence-electron chi connectivity index (χ0n) is 11.1. The number of hydrogen-bond donors (Lipinski definition) is 0. The minimum absolute atomic E-state index is 0.132. The number of nitrogens with zero attached hydrogens (tertiary/aromatic N) is 2. The van der Waals surface area contributed by atoms with Crippen molar-refractivity contribution in [2.24, 2.45) is 0 Å². The number of amides is 1. The molecular formula is C14H20N2OS. The van der Waals surface area contributed by atoms with Gasteiger partial charge in [0.25, 0.3) is 0 Å². The lowest BCUT2D eigenvalue weighted by Gasteiger charge is -2.34. The lowest BCUT2D eigenvalue weighted by Crippen LogP contribution is -2.42. The number of likely N-dealkylation sites (tertiary alicyclic amines) is 1. The molecule has 0 N–H and O–H groups in total. The van der Waals surface area contributed by atoms with Gasteiger partial charge in [0, 0.05) is 24.0 Å². The van der Waals surface area contributed by atoms with Crippen molar-refractivity contribution in [2.75, 3.05) is 6.54 Å². The smallest absolute Gasteiger partial charge is 0.246 e. The summed E-state index contributed by atoms with van der Waals surface area (Å²) in [4.78, 5) is 18.5. The second-order valence-corrected chi connectivity index (χ2v) is 5.78. The van der Waals surface area contributed by atoms with Crippen molar-refractivity contribution in [3.8, 4) is 0 Å². The van der Waals surface area contributed by atoms with E-state index in [0.717, 1.165) is 36.5 Å². The standard InChI is InChI=1S/C14H20N2OS/c1-3-13-6-4-5-9-16(13)14(17)8-7-12-10-18-11(2)15-12/h7-8,10,13H,3-6,9H2,1-2H3/b8-7+. The number of hydrogen-bond acceptors (Lipinski definition) is 3. The lowest BCUT2D eigenvalue weighted by molar-refractivity contribution is -0.129. The Morgan fingerprint density at radius 2 is 2.44 bits per heavy atom. The van der Waals surface area contributed by atoms with Gasteiger partial charge in [0.15, 0.2) is 0 Å². The topological polar surface area (TPSA) is 33.2 Å². The first-order valence-corrected chi connectivity index (χ1v) is 7.49. The molecule has 1 aromatic heterocycles. The molecule has 1 atom stereocenters. The van der Waals surface area contributed by atoms with E-state index in [-0.39, 0.29) is 5.91 Å². The average Bonchev–Trinajstić information content (AvgIpc) is 2.81. The fourth-order valence-electron chi connectivity index (χ4n) is 2.42. The fourth-order valence-corrected chi connectivity index (χ4v) is 3.00. The Morgan fingerprint density at radius 3 is 3.11 bits per heavy atom. The van der Waals surface area contributed by atoms with E-state index in [1.807, 2.05) is 23.3 Å². The van der Waals surface area contributed by atoms with Crippen molar-refractivity contribution in [1.29, 1.82) is 0 Å². The molecule has 2 rings (SSSR count). The summed E-state index contributed by atoms with van der Waals surface area (Å²) < 4.78 is 0. The van der Waals surface area contributed by atoms with E-state index < -0.39 is 0 Å². The number of piperidine rings is 1. The van der Waals surface area contributed by atoms with Crippen LogP contribution in [0.1, 0.15) is 43.3 Å². The zero-order chi connectivity index (χ0) is 13.0. The molecule has 18 heavy (non-hydrogen) atoms.